The molecule has 2 rings (SSSR count). The van der Waals surface area contributed by atoms with Crippen LogP contribution in [0.25, 0.3) is 11.4 Å². The highest BCUT2D eigenvalue weighted by Crippen LogP contribution is 2.29. The maximum Gasteiger partial charge on any atom is 0.165 e. The lowest BCUT2D eigenvalue weighted by Gasteiger charge is -2.09. The Morgan fingerprint density at radius 1 is 1.35 bits per heavy atom. The van der Waals surface area contributed by atoms with Crippen LogP contribution in [-0.4, -0.2) is 14.8 Å². The number of aryl methyl sites for hydroxylation is 1. The SMILES string of the molecule is CCn1c(CN)nnc1-c1cccc(C)c1Cl. The van der Waals surface area contributed by atoms with Crippen LogP contribution < -0.4 is 5.73 Å². The van der Waals surface area contributed by atoms with E-state index in [1.807, 2.05) is 36.6 Å². The van der Waals surface area contributed by atoms with Crippen molar-refractivity contribution in [1.29, 1.82) is 0 Å². The molecular formula is C12H15ClN4. The van der Waals surface area contributed by atoms with E-state index in [4.69, 9.17) is 17.3 Å². The lowest BCUT2D eigenvalue weighted by Crippen LogP contribution is -2.08. The Balaban J connectivity index is 2.60. The number of hydrogen-bond acceptors (Lipinski definition) is 3. The molecule has 0 amide bonds. The molecule has 0 aliphatic carbocycles. The molecule has 0 fully saturated rings. The summed E-state index contributed by atoms with van der Waals surface area (Å²) >= 11 is 6.30. The molecule has 0 bridgehead atoms. The number of rotatable bonds is 3. The van der Waals surface area contributed by atoms with E-state index in [9.17, 15) is 0 Å². The summed E-state index contributed by atoms with van der Waals surface area (Å²) < 4.78 is 1.99. The Hall–Kier alpha value is -1.39. The number of aromatic nitrogens is 3. The van der Waals surface area contributed by atoms with Crippen molar-refractivity contribution in [3.8, 4) is 11.4 Å². The van der Waals surface area contributed by atoms with Crippen molar-refractivity contribution in [3.05, 3.63) is 34.6 Å². The van der Waals surface area contributed by atoms with Crippen molar-refractivity contribution in [2.24, 2.45) is 5.73 Å². The van der Waals surface area contributed by atoms with Gasteiger partial charge < -0.3 is 10.3 Å². The van der Waals surface area contributed by atoms with Gasteiger partial charge in [0, 0.05) is 12.1 Å². The number of nitrogens with two attached hydrogens (primary N) is 1. The van der Waals surface area contributed by atoms with E-state index >= 15 is 0 Å². The predicted molar refractivity (Wildman–Crippen MR) is 68.8 cm³/mol. The molecule has 4 nitrogen and oxygen atoms in total. The molecule has 1 aromatic carbocycles. The van der Waals surface area contributed by atoms with Gasteiger partial charge >= 0.3 is 0 Å². The first-order valence-electron chi connectivity index (χ1n) is 5.56. The second-order valence-electron chi connectivity index (χ2n) is 3.82. The number of nitrogens with zero attached hydrogens (tertiary/aromatic N) is 3. The van der Waals surface area contributed by atoms with Crippen molar-refractivity contribution in [2.45, 2.75) is 26.9 Å². The smallest absolute Gasteiger partial charge is 0.165 e. The molecule has 0 saturated heterocycles. The van der Waals surface area contributed by atoms with E-state index in [0.29, 0.717) is 6.54 Å². The highest BCUT2D eigenvalue weighted by atomic mass is 35.5. The molecule has 0 atom stereocenters. The fourth-order valence-electron chi connectivity index (χ4n) is 1.84. The lowest BCUT2D eigenvalue weighted by molar-refractivity contribution is 0.704. The van der Waals surface area contributed by atoms with E-state index in [2.05, 4.69) is 10.2 Å². The third kappa shape index (κ3) is 2.06. The zero-order chi connectivity index (χ0) is 12.4. The van der Waals surface area contributed by atoms with Gasteiger partial charge in [0.05, 0.1) is 11.6 Å². The summed E-state index contributed by atoms with van der Waals surface area (Å²) in [5.74, 6) is 1.56. The largest absolute Gasteiger partial charge is 0.324 e. The zero-order valence-corrected chi connectivity index (χ0v) is 10.7. The van der Waals surface area contributed by atoms with Crippen LogP contribution in [0.3, 0.4) is 0 Å². The van der Waals surface area contributed by atoms with E-state index in [-0.39, 0.29) is 0 Å². The first-order valence-corrected chi connectivity index (χ1v) is 5.94. The average Bonchev–Trinajstić information content (AvgIpc) is 2.75. The molecule has 0 aliphatic rings. The molecule has 5 heteroatoms. The number of benzene rings is 1. The van der Waals surface area contributed by atoms with Gasteiger partial charge in [0.25, 0.3) is 0 Å². The first-order chi connectivity index (χ1) is 8.19. The van der Waals surface area contributed by atoms with Gasteiger partial charge in [0.15, 0.2) is 5.82 Å². The average molecular weight is 251 g/mol. The second kappa shape index (κ2) is 4.85. The minimum Gasteiger partial charge on any atom is -0.324 e. The maximum atomic E-state index is 6.30. The molecule has 0 unspecified atom stereocenters. The van der Waals surface area contributed by atoms with Crippen molar-refractivity contribution in [1.82, 2.24) is 14.8 Å². The van der Waals surface area contributed by atoms with E-state index in [1.165, 1.54) is 0 Å². The van der Waals surface area contributed by atoms with Gasteiger partial charge in [-0.25, -0.2) is 0 Å². The highest BCUT2D eigenvalue weighted by Gasteiger charge is 2.14. The molecule has 90 valence electrons. The Morgan fingerprint density at radius 2 is 2.12 bits per heavy atom. The Labute approximate surface area is 105 Å². The number of halogens is 1. The molecule has 17 heavy (non-hydrogen) atoms. The van der Waals surface area contributed by atoms with Gasteiger partial charge in [0.1, 0.15) is 5.82 Å². The molecule has 0 spiro atoms. The minimum atomic E-state index is 0.379. The summed E-state index contributed by atoms with van der Waals surface area (Å²) in [4.78, 5) is 0. The first kappa shape index (κ1) is 12.1. The fraction of sp³-hybridized carbons (Fsp3) is 0.333. The summed E-state index contributed by atoms with van der Waals surface area (Å²) in [7, 11) is 0. The summed E-state index contributed by atoms with van der Waals surface area (Å²) in [5, 5.41) is 8.98. The second-order valence-corrected chi connectivity index (χ2v) is 4.20. The molecule has 2 aromatic rings. The minimum absolute atomic E-state index is 0.379. The molecule has 1 aromatic heterocycles. The molecular weight excluding hydrogens is 236 g/mol. The predicted octanol–water partition coefficient (Wildman–Crippen LogP) is 2.39. The van der Waals surface area contributed by atoms with Gasteiger partial charge in [0.2, 0.25) is 0 Å². The highest BCUT2D eigenvalue weighted by molar-refractivity contribution is 6.33. The quantitative estimate of drug-likeness (QED) is 0.910. The van der Waals surface area contributed by atoms with Crippen LogP contribution in [0.15, 0.2) is 18.2 Å². The van der Waals surface area contributed by atoms with Crippen LogP contribution >= 0.6 is 11.6 Å². The molecule has 0 saturated carbocycles. The Kier molecular flexibility index (Phi) is 3.45. The van der Waals surface area contributed by atoms with Gasteiger partial charge in [-0.3, -0.25) is 0 Å². The molecule has 2 N–H and O–H groups in total. The summed E-state index contributed by atoms with van der Waals surface area (Å²) in [6.45, 7) is 5.17. The molecule has 0 radical (unpaired) electrons. The van der Waals surface area contributed by atoms with Crippen molar-refractivity contribution in [3.63, 3.8) is 0 Å². The topological polar surface area (TPSA) is 56.7 Å². The van der Waals surface area contributed by atoms with Gasteiger partial charge in [-0.2, -0.15) is 0 Å². The van der Waals surface area contributed by atoms with Crippen LogP contribution in [0.2, 0.25) is 5.02 Å². The van der Waals surface area contributed by atoms with Gasteiger partial charge in [-0.05, 0) is 25.5 Å². The lowest BCUT2D eigenvalue weighted by atomic mass is 10.1. The van der Waals surface area contributed by atoms with Crippen molar-refractivity contribution < 1.29 is 0 Å². The summed E-state index contributed by atoms with van der Waals surface area (Å²) in [6.07, 6.45) is 0. The zero-order valence-electron chi connectivity index (χ0n) is 9.94. The summed E-state index contributed by atoms with van der Waals surface area (Å²) in [5.41, 5.74) is 7.56. The van der Waals surface area contributed by atoms with Crippen LogP contribution in [0.4, 0.5) is 0 Å². The van der Waals surface area contributed by atoms with E-state index in [0.717, 1.165) is 34.3 Å². The van der Waals surface area contributed by atoms with E-state index in [1.54, 1.807) is 0 Å². The van der Waals surface area contributed by atoms with Crippen LogP contribution in [0.5, 0.6) is 0 Å². The van der Waals surface area contributed by atoms with Crippen LogP contribution in [-0.2, 0) is 13.1 Å². The number of hydrogen-bond donors (Lipinski definition) is 1. The van der Waals surface area contributed by atoms with Gasteiger partial charge in [-0.1, -0.05) is 23.7 Å². The van der Waals surface area contributed by atoms with Gasteiger partial charge in [-0.15, -0.1) is 10.2 Å². The Bertz CT molecular complexity index is 533. The normalized spacial score (nSPS) is 10.8. The molecule has 0 aliphatic heterocycles. The third-order valence-corrected chi connectivity index (χ3v) is 3.26. The summed E-state index contributed by atoms with van der Waals surface area (Å²) in [6, 6.07) is 5.89. The van der Waals surface area contributed by atoms with Crippen LogP contribution in [0.1, 0.15) is 18.3 Å². The Morgan fingerprint density at radius 3 is 2.76 bits per heavy atom. The molecule has 1 heterocycles. The standard InChI is InChI=1S/C12H15ClN4/c1-3-17-10(7-14)15-16-12(17)9-6-4-5-8(2)11(9)13/h4-6H,3,7,14H2,1-2H3. The monoisotopic (exact) mass is 250 g/mol. The van der Waals surface area contributed by atoms with Crippen LogP contribution in [0, 0.1) is 6.92 Å². The maximum absolute atomic E-state index is 6.30. The third-order valence-electron chi connectivity index (χ3n) is 2.76. The van der Waals surface area contributed by atoms with Crippen molar-refractivity contribution in [2.75, 3.05) is 0 Å². The fourth-order valence-corrected chi connectivity index (χ4v) is 2.05. The van der Waals surface area contributed by atoms with E-state index < -0.39 is 0 Å². The van der Waals surface area contributed by atoms with Crippen molar-refractivity contribution >= 4 is 11.6 Å².